The molecular weight excluding hydrogens is 450 g/mol. The van der Waals surface area contributed by atoms with Crippen LogP contribution >= 0.6 is 11.3 Å². The van der Waals surface area contributed by atoms with E-state index in [-0.39, 0.29) is 6.42 Å². The first kappa shape index (κ1) is 23.9. The highest BCUT2D eigenvalue weighted by molar-refractivity contribution is 7.10. The van der Waals surface area contributed by atoms with Gasteiger partial charge in [-0.1, -0.05) is 78.9 Å². The van der Waals surface area contributed by atoms with E-state index in [1.807, 2.05) is 90.3 Å². The number of rotatable bonds is 7. The van der Waals surface area contributed by atoms with Crippen LogP contribution in [-0.2, 0) is 30.4 Å². The Labute approximate surface area is 203 Å². The number of nitrogens with zero attached hydrogens (tertiary/aromatic N) is 1. The summed E-state index contributed by atoms with van der Waals surface area (Å²) in [4.78, 5) is 34.0. The molecule has 1 saturated heterocycles. The number of carbonyl (C=O) groups is 2. The molecule has 1 fully saturated rings. The van der Waals surface area contributed by atoms with E-state index in [1.54, 1.807) is 5.06 Å². The van der Waals surface area contributed by atoms with Crippen molar-refractivity contribution in [3.8, 4) is 0 Å². The number of hydroxylamine groups is 2. The van der Waals surface area contributed by atoms with Crippen LogP contribution in [0.5, 0.6) is 0 Å². The average Bonchev–Trinajstić information content (AvgIpc) is 3.41. The van der Waals surface area contributed by atoms with Crippen LogP contribution in [0, 0.1) is 5.41 Å². The van der Waals surface area contributed by atoms with Crippen LogP contribution in [0.25, 0.3) is 6.08 Å². The van der Waals surface area contributed by atoms with Gasteiger partial charge < -0.3 is 9.47 Å². The standard InChI is InChI=1S/C27H27NO5S/c1-31-25(29)27(26(30)32-2)18-22(16-15-20-10-5-3-6-11-20)33-28(19-21-12-7-4-8-13-21)24(27)23-14-9-17-34-23/h3-17,22,24H,18-19H2,1-2H3/b16-15+/t22-,24+/m0/s1. The fourth-order valence-corrected chi connectivity index (χ4v) is 5.31. The Morgan fingerprint density at radius 3 is 2.24 bits per heavy atom. The number of hydrogen-bond acceptors (Lipinski definition) is 7. The summed E-state index contributed by atoms with van der Waals surface area (Å²) in [5.41, 5.74) is 0.371. The zero-order valence-electron chi connectivity index (χ0n) is 19.1. The van der Waals surface area contributed by atoms with Crippen molar-refractivity contribution in [2.24, 2.45) is 5.41 Å². The summed E-state index contributed by atoms with van der Waals surface area (Å²) in [7, 11) is 2.59. The van der Waals surface area contributed by atoms with Gasteiger partial charge in [0, 0.05) is 17.8 Å². The monoisotopic (exact) mass is 477 g/mol. The fraction of sp³-hybridized carbons (Fsp3) is 0.259. The molecule has 4 rings (SSSR count). The quantitative estimate of drug-likeness (QED) is 0.351. The molecule has 3 aromatic rings. The highest BCUT2D eigenvalue weighted by Crippen LogP contribution is 2.50. The predicted octanol–water partition coefficient (Wildman–Crippen LogP) is 5.04. The molecule has 0 unspecified atom stereocenters. The van der Waals surface area contributed by atoms with Crippen molar-refractivity contribution in [2.45, 2.75) is 25.1 Å². The van der Waals surface area contributed by atoms with Crippen molar-refractivity contribution in [1.29, 1.82) is 0 Å². The Morgan fingerprint density at radius 1 is 1.00 bits per heavy atom. The number of ether oxygens (including phenoxy) is 2. The maximum atomic E-state index is 13.4. The summed E-state index contributed by atoms with van der Waals surface area (Å²) in [5.74, 6) is -1.28. The Balaban J connectivity index is 1.81. The molecule has 1 aliphatic rings. The van der Waals surface area contributed by atoms with Gasteiger partial charge in [0.2, 0.25) is 0 Å². The zero-order chi connectivity index (χ0) is 24.0. The maximum Gasteiger partial charge on any atom is 0.325 e. The van der Waals surface area contributed by atoms with Gasteiger partial charge in [0.1, 0.15) is 0 Å². The third-order valence-electron chi connectivity index (χ3n) is 5.94. The van der Waals surface area contributed by atoms with E-state index < -0.39 is 29.5 Å². The van der Waals surface area contributed by atoms with Gasteiger partial charge in [0.25, 0.3) is 0 Å². The molecule has 176 valence electrons. The SMILES string of the molecule is COC(=O)C1(C(=O)OC)C[C@H](/C=C/c2ccccc2)ON(Cc2ccccc2)[C@@H]1c1cccs1. The molecule has 2 aromatic carbocycles. The molecule has 0 bridgehead atoms. The minimum absolute atomic E-state index is 0.0868. The summed E-state index contributed by atoms with van der Waals surface area (Å²) in [6.45, 7) is 0.370. The van der Waals surface area contributed by atoms with Gasteiger partial charge in [0.15, 0.2) is 5.41 Å². The van der Waals surface area contributed by atoms with E-state index >= 15 is 0 Å². The first-order chi connectivity index (χ1) is 16.6. The smallest absolute Gasteiger partial charge is 0.325 e. The van der Waals surface area contributed by atoms with E-state index in [0.29, 0.717) is 6.54 Å². The van der Waals surface area contributed by atoms with Gasteiger partial charge in [-0.3, -0.25) is 14.4 Å². The van der Waals surface area contributed by atoms with Crippen molar-refractivity contribution in [2.75, 3.05) is 14.2 Å². The fourth-order valence-electron chi connectivity index (χ4n) is 4.39. The van der Waals surface area contributed by atoms with E-state index in [2.05, 4.69) is 0 Å². The number of methoxy groups -OCH3 is 2. The molecule has 0 radical (unpaired) electrons. The van der Waals surface area contributed by atoms with Crippen LogP contribution < -0.4 is 0 Å². The lowest BCUT2D eigenvalue weighted by atomic mass is 9.73. The van der Waals surface area contributed by atoms with Gasteiger partial charge in [-0.25, -0.2) is 0 Å². The number of carbonyl (C=O) groups excluding carboxylic acids is 2. The first-order valence-electron chi connectivity index (χ1n) is 11.0. The van der Waals surface area contributed by atoms with Crippen molar-refractivity contribution in [3.63, 3.8) is 0 Å². The summed E-state index contributed by atoms with van der Waals surface area (Å²) in [6, 6.07) is 22.7. The third kappa shape index (κ3) is 4.82. The van der Waals surface area contributed by atoms with Crippen LogP contribution in [0.2, 0.25) is 0 Å². The van der Waals surface area contributed by atoms with Crippen LogP contribution in [0.1, 0.15) is 28.5 Å². The Morgan fingerprint density at radius 2 is 1.65 bits per heavy atom. The summed E-state index contributed by atoms with van der Waals surface area (Å²) < 4.78 is 10.4. The van der Waals surface area contributed by atoms with Gasteiger partial charge in [-0.05, 0) is 22.6 Å². The summed E-state index contributed by atoms with van der Waals surface area (Å²) in [6.07, 6.45) is 3.33. The molecule has 34 heavy (non-hydrogen) atoms. The molecule has 7 heteroatoms. The molecule has 2 atom stereocenters. The number of thiophene rings is 1. The number of benzene rings is 2. The van der Waals surface area contributed by atoms with Gasteiger partial charge in [-0.15, -0.1) is 11.3 Å². The highest BCUT2D eigenvalue weighted by atomic mass is 32.1. The largest absolute Gasteiger partial charge is 0.468 e. The van der Waals surface area contributed by atoms with E-state index in [0.717, 1.165) is 16.0 Å². The lowest BCUT2D eigenvalue weighted by molar-refractivity contribution is -0.280. The Kier molecular flexibility index (Phi) is 7.57. The zero-order valence-corrected chi connectivity index (χ0v) is 19.9. The third-order valence-corrected chi connectivity index (χ3v) is 6.87. The highest BCUT2D eigenvalue weighted by Gasteiger charge is 2.61. The second-order valence-electron chi connectivity index (χ2n) is 8.05. The molecule has 0 amide bonds. The van der Waals surface area contributed by atoms with Crippen molar-refractivity contribution < 1.29 is 23.9 Å². The molecule has 0 N–H and O–H groups in total. The second-order valence-corrected chi connectivity index (χ2v) is 9.03. The number of esters is 2. The molecule has 2 heterocycles. The minimum atomic E-state index is -1.60. The topological polar surface area (TPSA) is 65.1 Å². The molecule has 1 aliphatic heterocycles. The van der Waals surface area contributed by atoms with Gasteiger partial charge in [-0.2, -0.15) is 5.06 Å². The Hall–Kier alpha value is -3.26. The molecule has 0 aliphatic carbocycles. The average molecular weight is 478 g/mol. The van der Waals surface area contributed by atoms with Crippen molar-refractivity contribution in [3.05, 3.63) is 100 Å². The van der Waals surface area contributed by atoms with Crippen molar-refractivity contribution >= 4 is 29.4 Å². The Bertz CT molecular complexity index is 1100. The molecule has 0 saturated carbocycles. The van der Waals surface area contributed by atoms with Gasteiger partial charge >= 0.3 is 11.9 Å². The van der Waals surface area contributed by atoms with Crippen LogP contribution in [0.3, 0.4) is 0 Å². The van der Waals surface area contributed by atoms with Crippen molar-refractivity contribution in [1.82, 2.24) is 5.06 Å². The molecule has 1 aromatic heterocycles. The molecule has 0 spiro atoms. The predicted molar refractivity (Wildman–Crippen MR) is 130 cm³/mol. The van der Waals surface area contributed by atoms with E-state index in [1.165, 1.54) is 25.6 Å². The van der Waals surface area contributed by atoms with Crippen LogP contribution in [-0.4, -0.2) is 37.3 Å². The van der Waals surface area contributed by atoms with E-state index in [9.17, 15) is 9.59 Å². The number of hydrogen-bond donors (Lipinski definition) is 0. The van der Waals surface area contributed by atoms with Crippen LogP contribution in [0.4, 0.5) is 0 Å². The summed E-state index contributed by atoms with van der Waals surface area (Å²) in [5, 5.41) is 3.63. The van der Waals surface area contributed by atoms with Crippen LogP contribution in [0.15, 0.2) is 84.3 Å². The van der Waals surface area contributed by atoms with Gasteiger partial charge in [0.05, 0.1) is 26.4 Å². The summed E-state index contributed by atoms with van der Waals surface area (Å²) >= 11 is 1.46. The lowest BCUT2D eigenvalue weighted by Gasteiger charge is -2.47. The second kappa shape index (κ2) is 10.8. The van der Waals surface area contributed by atoms with E-state index in [4.69, 9.17) is 14.3 Å². The minimum Gasteiger partial charge on any atom is -0.468 e. The molecular formula is C27H27NO5S. The molecule has 6 nitrogen and oxygen atoms in total. The normalized spacial score (nSPS) is 20.2. The first-order valence-corrected chi connectivity index (χ1v) is 11.9. The lowest BCUT2D eigenvalue weighted by Crippen LogP contribution is -2.57. The maximum absolute atomic E-state index is 13.4.